The van der Waals surface area contributed by atoms with E-state index in [-0.39, 0.29) is 46.3 Å². The molecule has 0 spiro atoms. The van der Waals surface area contributed by atoms with Crippen LogP contribution < -0.4 is 10.1 Å². The van der Waals surface area contributed by atoms with E-state index >= 15 is 0 Å². The van der Waals surface area contributed by atoms with E-state index in [1.165, 1.54) is 12.3 Å². The van der Waals surface area contributed by atoms with Crippen molar-refractivity contribution in [3.8, 4) is 17.3 Å². The third-order valence-corrected chi connectivity index (χ3v) is 5.48. The van der Waals surface area contributed by atoms with Crippen molar-refractivity contribution in [2.45, 2.75) is 26.2 Å². The number of nitrogens with one attached hydrogen (secondary N) is 1. The van der Waals surface area contributed by atoms with Gasteiger partial charge in [0.1, 0.15) is 22.7 Å². The van der Waals surface area contributed by atoms with Crippen molar-refractivity contribution < 1.29 is 31.1 Å². The Morgan fingerprint density at radius 2 is 1.65 bits per heavy atom. The van der Waals surface area contributed by atoms with Gasteiger partial charge in [0.25, 0.3) is 0 Å². The maximum absolute atomic E-state index is 14.0. The molecule has 0 bridgehead atoms. The van der Waals surface area contributed by atoms with Gasteiger partial charge in [0.2, 0.25) is 5.88 Å². The molecule has 0 aliphatic heterocycles. The molecule has 0 saturated carbocycles. The van der Waals surface area contributed by atoms with Crippen molar-refractivity contribution in [1.82, 2.24) is 35.0 Å². The Kier molecular flexibility index (Phi) is 7.78. The van der Waals surface area contributed by atoms with Gasteiger partial charge in [-0.25, -0.2) is 19.9 Å². The lowest BCUT2D eigenvalue weighted by Crippen LogP contribution is -2.33. The highest BCUT2D eigenvalue weighted by Gasteiger charge is 2.37. The first-order valence-corrected chi connectivity index (χ1v) is 11.8. The number of ether oxygens (including phenoxy) is 1. The van der Waals surface area contributed by atoms with Gasteiger partial charge < -0.3 is 15.0 Å². The molecule has 15 heteroatoms. The number of fused-ring (bicyclic) bond motifs is 1. The summed E-state index contributed by atoms with van der Waals surface area (Å²) in [4.78, 5) is 18.1. The van der Waals surface area contributed by atoms with Crippen LogP contribution in [0.5, 0.6) is 5.88 Å². The Hall–Kier alpha value is -4.14. The Balaban J connectivity index is 1.63. The van der Waals surface area contributed by atoms with Crippen molar-refractivity contribution in [3.63, 3.8) is 0 Å². The molecule has 0 aliphatic carbocycles. The number of alkyl halides is 6. The lowest BCUT2D eigenvalue weighted by atomic mass is 9.94. The predicted molar refractivity (Wildman–Crippen MR) is 134 cm³/mol. The van der Waals surface area contributed by atoms with Gasteiger partial charge in [0.15, 0.2) is 5.65 Å². The molecule has 0 aliphatic rings. The minimum Gasteiger partial charge on any atom is -0.476 e. The summed E-state index contributed by atoms with van der Waals surface area (Å²) in [6, 6.07) is 4.23. The number of nitrogens with zero attached hydrogens (tertiary/aromatic N) is 7. The van der Waals surface area contributed by atoms with Crippen molar-refractivity contribution in [2.75, 3.05) is 32.6 Å². The first-order chi connectivity index (χ1) is 18.6. The average Bonchev–Trinajstić information content (AvgIpc) is 2.86. The number of hydrogen-bond acceptors (Lipinski definition) is 9. The first-order valence-electron chi connectivity index (χ1n) is 11.8. The molecular weight excluding hydrogens is 542 g/mol. The molecule has 4 heterocycles. The first kappa shape index (κ1) is 28.9. The predicted octanol–water partition coefficient (Wildman–Crippen LogP) is 5.62. The van der Waals surface area contributed by atoms with Gasteiger partial charge in [-0.2, -0.15) is 26.3 Å². The zero-order valence-electron chi connectivity index (χ0n) is 21.8. The summed E-state index contributed by atoms with van der Waals surface area (Å²) in [6.07, 6.45) is -6.28. The van der Waals surface area contributed by atoms with Crippen LogP contribution in [0.2, 0.25) is 0 Å². The number of hydrogen-bond donors (Lipinski definition) is 1. The smallest absolute Gasteiger partial charge is 0.418 e. The van der Waals surface area contributed by atoms with Gasteiger partial charge in [-0.3, -0.25) is 0 Å². The van der Waals surface area contributed by atoms with E-state index < -0.39 is 29.2 Å². The zero-order chi connectivity index (χ0) is 29.3. The van der Waals surface area contributed by atoms with Crippen LogP contribution >= 0.6 is 0 Å². The molecule has 1 N–H and O–H groups in total. The Labute approximate surface area is 224 Å². The third-order valence-electron chi connectivity index (χ3n) is 5.48. The van der Waals surface area contributed by atoms with Gasteiger partial charge in [-0.05, 0) is 32.3 Å². The van der Waals surface area contributed by atoms with Crippen LogP contribution in [0.3, 0.4) is 0 Å². The molecule has 0 fully saturated rings. The number of anilines is 2. The molecule has 40 heavy (non-hydrogen) atoms. The SMILES string of the molecule is CN(C)CC(C)(C)COc1cc(C(F)(F)F)c(-c2cnc3c(Nc4ccc(C(F)(F)F)cn4)ccnc3n2)nn1. The van der Waals surface area contributed by atoms with Gasteiger partial charge in [0, 0.05) is 30.4 Å². The highest BCUT2D eigenvalue weighted by atomic mass is 19.4. The fourth-order valence-electron chi connectivity index (χ4n) is 3.93. The van der Waals surface area contributed by atoms with E-state index in [2.05, 4.69) is 35.5 Å². The molecule has 0 unspecified atom stereocenters. The second kappa shape index (κ2) is 10.8. The van der Waals surface area contributed by atoms with Crippen molar-refractivity contribution in [2.24, 2.45) is 5.41 Å². The summed E-state index contributed by atoms with van der Waals surface area (Å²) in [5, 5.41) is 10.4. The topological polar surface area (TPSA) is 102 Å². The lowest BCUT2D eigenvalue weighted by molar-refractivity contribution is -0.138. The molecule has 4 aromatic heterocycles. The maximum Gasteiger partial charge on any atom is 0.418 e. The fraction of sp³-hybridized carbons (Fsp3) is 0.360. The maximum atomic E-state index is 14.0. The van der Waals surface area contributed by atoms with Gasteiger partial charge >= 0.3 is 12.4 Å². The molecule has 0 radical (unpaired) electrons. The normalized spacial score (nSPS) is 12.7. The quantitative estimate of drug-likeness (QED) is 0.272. The minimum atomic E-state index is -4.80. The molecule has 0 aromatic carbocycles. The highest BCUT2D eigenvalue weighted by molar-refractivity contribution is 5.87. The van der Waals surface area contributed by atoms with Crippen LogP contribution in [-0.4, -0.2) is 62.3 Å². The Morgan fingerprint density at radius 1 is 0.900 bits per heavy atom. The molecular formula is C25H24F6N8O. The molecule has 0 saturated heterocycles. The average molecular weight is 567 g/mol. The summed E-state index contributed by atoms with van der Waals surface area (Å²) in [5.41, 5.74) is -2.79. The zero-order valence-corrected chi connectivity index (χ0v) is 21.8. The third kappa shape index (κ3) is 6.89. The van der Waals surface area contributed by atoms with E-state index in [1.807, 2.05) is 32.8 Å². The van der Waals surface area contributed by atoms with E-state index in [1.54, 1.807) is 0 Å². The Bertz CT molecular complexity index is 1490. The summed E-state index contributed by atoms with van der Waals surface area (Å²) in [5.74, 6) is -0.203. The monoisotopic (exact) mass is 566 g/mol. The summed E-state index contributed by atoms with van der Waals surface area (Å²) in [6.45, 7) is 4.57. The van der Waals surface area contributed by atoms with Crippen molar-refractivity contribution in [3.05, 3.63) is 54.0 Å². The van der Waals surface area contributed by atoms with Gasteiger partial charge in [-0.15, -0.1) is 10.2 Å². The summed E-state index contributed by atoms with van der Waals surface area (Å²) < 4.78 is 86.0. The van der Waals surface area contributed by atoms with Crippen LogP contribution in [0.1, 0.15) is 25.0 Å². The molecule has 212 valence electrons. The van der Waals surface area contributed by atoms with Crippen LogP contribution in [-0.2, 0) is 12.4 Å². The van der Waals surface area contributed by atoms with Crippen molar-refractivity contribution in [1.29, 1.82) is 0 Å². The van der Waals surface area contributed by atoms with Gasteiger partial charge in [0.05, 0.1) is 29.6 Å². The molecule has 4 rings (SSSR count). The van der Waals surface area contributed by atoms with Crippen molar-refractivity contribution >= 4 is 22.7 Å². The minimum absolute atomic E-state index is 0.0323. The molecule has 0 amide bonds. The standard InChI is InChI=1S/C25H24F6N8O/c1-23(2,12-39(3)4)13-40-19-9-15(25(29,30)31)20(38-37-19)17-11-34-21-16(7-8-32-22(21)36-17)35-18-6-5-14(10-33-18)24(26,27)28/h5-11H,12-13H2,1-4H3,(H,32,33,35,36). The van der Waals surface area contributed by atoms with E-state index in [0.717, 1.165) is 24.4 Å². The van der Waals surface area contributed by atoms with Crippen LogP contribution in [0.25, 0.3) is 22.6 Å². The summed E-state index contributed by atoms with van der Waals surface area (Å²) in [7, 11) is 3.75. The van der Waals surface area contributed by atoms with E-state index in [4.69, 9.17) is 4.74 Å². The number of pyridine rings is 2. The second-order valence-electron chi connectivity index (χ2n) is 9.97. The molecule has 0 atom stereocenters. The second-order valence-corrected chi connectivity index (χ2v) is 9.97. The van der Waals surface area contributed by atoms with E-state index in [9.17, 15) is 26.3 Å². The van der Waals surface area contributed by atoms with Gasteiger partial charge in [-0.1, -0.05) is 13.8 Å². The fourth-order valence-corrected chi connectivity index (χ4v) is 3.93. The Morgan fingerprint density at radius 3 is 2.27 bits per heavy atom. The number of rotatable bonds is 8. The van der Waals surface area contributed by atoms with E-state index in [0.29, 0.717) is 12.7 Å². The highest BCUT2D eigenvalue weighted by Crippen LogP contribution is 2.37. The number of halogens is 6. The largest absolute Gasteiger partial charge is 0.476 e. The number of aromatic nitrogens is 6. The van der Waals surface area contributed by atoms with Crippen LogP contribution in [0.15, 0.2) is 42.9 Å². The summed E-state index contributed by atoms with van der Waals surface area (Å²) >= 11 is 0. The van der Waals surface area contributed by atoms with Crippen LogP contribution in [0.4, 0.5) is 37.8 Å². The molecule has 9 nitrogen and oxygen atoms in total. The van der Waals surface area contributed by atoms with Crippen LogP contribution in [0, 0.1) is 5.41 Å². The lowest BCUT2D eigenvalue weighted by Gasteiger charge is -2.27. The molecule has 4 aromatic rings.